The maximum absolute atomic E-state index is 10.2. The molecule has 0 unspecified atom stereocenters. The first-order chi connectivity index (χ1) is 9.30. The molecule has 0 rings (SSSR count). The maximum Gasteiger partial charge on any atom is 0.332 e. The molecule has 0 N–H and O–H groups in total. The van der Waals surface area contributed by atoms with E-state index in [0.717, 1.165) is 24.7 Å². The molecule has 0 aliphatic heterocycles. The fourth-order valence-electron chi connectivity index (χ4n) is 0.539. The largest absolute Gasteiger partial charge is 0.726 e. The summed E-state index contributed by atoms with van der Waals surface area (Å²) in [5.74, 6) is -0.347. The number of carbonyl (C=O) groups is 1. The van der Waals surface area contributed by atoms with E-state index in [1.54, 1.807) is 14.0 Å². The first-order valence-corrected chi connectivity index (χ1v) is 7.18. The summed E-state index contributed by atoms with van der Waals surface area (Å²) in [6.07, 6.45) is 0. The Kier molecular flexibility index (Phi) is 15.1. The van der Waals surface area contributed by atoms with Crippen LogP contribution >= 0.6 is 0 Å². The lowest BCUT2D eigenvalue weighted by Gasteiger charge is -2.22. The van der Waals surface area contributed by atoms with E-state index in [4.69, 9.17) is 4.74 Å². The third-order valence-corrected chi connectivity index (χ3v) is 2.11. The first kappa shape index (κ1) is 25.0. The zero-order valence-corrected chi connectivity index (χ0v) is 14.7. The summed E-state index contributed by atoms with van der Waals surface area (Å²) in [4.78, 5) is 10.2. The molecule has 0 aromatic heterocycles. The molecule has 0 bridgehead atoms. The Morgan fingerprint density at radius 1 is 1.19 bits per heavy atom. The molecule has 0 fully saturated rings. The number of methoxy groups -OCH3 is 2. The highest BCUT2D eigenvalue weighted by Gasteiger charge is 2.03. The average molecular weight is 329 g/mol. The van der Waals surface area contributed by atoms with Gasteiger partial charge in [-0.15, -0.1) is 0 Å². The van der Waals surface area contributed by atoms with Crippen molar-refractivity contribution in [2.75, 3.05) is 55.6 Å². The number of likely N-dealkylation sites (N-methyl/N-ethyl adjacent to an activating group) is 1. The maximum atomic E-state index is 10.2. The fourth-order valence-corrected chi connectivity index (χ4v) is 0.539. The summed E-state index contributed by atoms with van der Waals surface area (Å²) in [6.45, 7) is 6.88. The van der Waals surface area contributed by atoms with Gasteiger partial charge in [0.05, 0.1) is 42.0 Å². The minimum atomic E-state index is -4.41. The summed E-state index contributed by atoms with van der Waals surface area (Å²) >= 11 is 0. The summed E-state index contributed by atoms with van der Waals surface area (Å²) in [5.41, 5.74) is 0.433. The predicted octanol–water partition coefficient (Wildman–Crippen LogP) is 0.168. The van der Waals surface area contributed by atoms with Crippen LogP contribution in [0.1, 0.15) is 6.92 Å². The molecule has 0 aliphatic rings. The Morgan fingerprint density at radius 3 is 1.62 bits per heavy atom. The van der Waals surface area contributed by atoms with E-state index >= 15 is 0 Å². The number of hydrogen-bond acceptors (Lipinski definition) is 7. The van der Waals surface area contributed by atoms with E-state index in [-0.39, 0.29) is 5.97 Å². The smallest absolute Gasteiger partial charge is 0.332 e. The normalized spacial score (nSPS) is 10.5. The molecule has 128 valence electrons. The lowest BCUT2D eigenvalue weighted by Crippen LogP contribution is -2.37. The molecular weight excluding hydrogens is 302 g/mol. The molecule has 0 aromatic carbocycles. The lowest BCUT2D eigenvalue weighted by molar-refractivity contribution is -0.870. The van der Waals surface area contributed by atoms with Crippen LogP contribution in [0.2, 0.25) is 0 Å². The second-order valence-corrected chi connectivity index (χ2v) is 6.00. The molecule has 0 radical (unpaired) electrons. The van der Waals surface area contributed by atoms with Crippen LogP contribution < -0.4 is 0 Å². The SMILES string of the molecule is C=C(C)C(=O)OC.COCC[N+](C)(C)C.COS(=O)(=O)[O-]. The van der Waals surface area contributed by atoms with Crippen LogP contribution in [0.3, 0.4) is 0 Å². The van der Waals surface area contributed by atoms with Crippen molar-refractivity contribution in [3.8, 4) is 0 Å². The van der Waals surface area contributed by atoms with Gasteiger partial charge in [0.1, 0.15) is 6.54 Å². The number of esters is 1. The molecule has 0 heterocycles. The van der Waals surface area contributed by atoms with Crippen LogP contribution in [-0.4, -0.2) is 79.0 Å². The summed E-state index contributed by atoms with van der Waals surface area (Å²) < 4.78 is 41.2. The van der Waals surface area contributed by atoms with Gasteiger partial charge in [-0.1, -0.05) is 6.58 Å². The average Bonchev–Trinajstić information content (AvgIpc) is 2.35. The van der Waals surface area contributed by atoms with Gasteiger partial charge in [0.2, 0.25) is 10.4 Å². The summed E-state index contributed by atoms with van der Waals surface area (Å²) in [5, 5.41) is 0. The van der Waals surface area contributed by atoms with Crippen molar-refractivity contribution in [1.29, 1.82) is 0 Å². The molecule has 0 aromatic rings. The monoisotopic (exact) mass is 329 g/mol. The van der Waals surface area contributed by atoms with Gasteiger partial charge in [0, 0.05) is 12.7 Å². The van der Waals surface area contributed by atoms with Gasteiger partial charge >= 0.3 is 5.97 Å². The number of carbonyl (C=O) groups excluding carboxylic acids is 1. The molecule has 0 saturated carbocycles. The van der Waals surface area contributed by atoms with Crippen LogP contribution in [0, 0.1) is 0 Å². The van der Waals surface area contributed by atoms with Gasteiger partial charge in [0.25, 0.3) is 0 Å². The molecule has 0 aliphatic carbocycles. The van der Waals surface area contributed by atoms with Crippen molar-refractivity contribution in [3.05, 3.63) is 12.2 Å². The Morgan fingerprint density at radius 2 is 1.57 bits per heavy atom. The van der Waals surface area contributed by atoms with Crippen LogP contribution in [0.4, 0.5) is 0 Å². The van der Waals surface area contributed by atoms with Gasteiger partial charge in [-0.25, -0.2) is 13.2 Å². The summed E-state index contributed by atoms with van der Waals surface area (Å²) in [6, 6.07) is 0. The minimum absolute atomic E-state index is 0.347. The number of quaternary nitrogens is 1. The van der Waals surface area contributed by atoms with Gasteiger partial charge in [-0.05, 0) is 6.92 Å². The van der Waals surface area contributed by atoms with Crippen LogP contribution in [0.5, 0.6) is 0 Å². The molecule has 8 nitrogen and oxygen atoms in total. The zero-order valence-electron chi connectivity index (χ0n) is 13.8. The summed E-state index contributed by atoms with van der Waals surface area (Å²) in [7, 11) is 5.91. The van der Waals surface area contributed by atoms with Crippen molar-refractivity contribution >= 4 is 16.4 Å². The third kappa shape index (κ3) is 32.5. The van der Waals surface area contributed by atoms with E-state index < -0.39 is 10.4 Å². The third-order valence-electron chi connectivity index (χ3n) is 1.70. The molecule has 0 amide bonds. The van der Waals surface area contributed by atoms with Crippen LogP contribution in [0.15, 0.2) is 12.2 Å². The van der Waals surface area contributed by atoms with Crippen LogP contribution in [-0.2, 0) is 28.9 Å². The molecule has 0 saturated heterocycles. The highest BCUT2D eigenvalue weighted by molar-refractivity contribution is 7.80. The van der Waals surface area contributed by atoms with E-state index in [1.807, 2.05) is 0 Å². The van der Waals surface area contributed by atoms with Crippen molar-refractivity contribution < 1.29 is 35.9 Å². The van der Waals surface area contributed by atoms with Gasteiger partial charge in [-0.2, -0.15) is 0 Å². The molecule has 9 heteroatoms. The highest BCUT2D eigenvalue weighted by Crippen LogP contribution is 1.87. The van der Waals surface area contributed by atoms with E-state index in [1.165, 1.54) is 7.11 Å². The molecule has 0 spiro atoms. The van der Waals surface area contributed by atoms with Crippen molar-refractivity contribution in [2.24, 2.45) is 0 Å². The Balaban J connectivity index is -0.000000234. The molecule has 21 heavy (non-hydrogen) atoms. The van der Waals surface area contributed by atoms with Crippen molar-refractivity contribution in [2.45, 2.75) is 6.92 Å². The molecular formula is C12H27NO7S. The first-order valence-electron chi connectivity index (χ1n) is 5.85. The van der Waals surface area contributed by atoms with E-state index in [9.17, 15) is 17.8 Å². The Hall–Kier alpha value is -1.00. The number of nitrogens with zero attached hydrogens (tertiary/aromatic N) is 1. The highest BCUT2D eigenvalue weighted by atomic mass is 32.3. The second kappa shape index (κ2) is 12.7. The topological polar surface area (TPSA) is 102 Å². The minimum Gasteiger partial charge on any atom is -0.726 e. The van der Waals surface area contributed by atoms with Gasteiger partial charge < -0.3 is 18.5 Å². The predicted molar refractivity (Wildman–Crippen MR) is 78.3 cm³/mol. The Bertz CT molecular complexity index is 385. The number of ether oxygens (including phenoxy) is 2. The zero-order chi connectivity index (χ0) is 17.7. The van der Waals surface area contributed by atoms with Crippen molar-refractivity contribution in [1.82, 2.24) is 0 Å². The quantitative estimate of drug-likeness (QED) is 0.233. The Labute approximate surface area is 127 Å². The van der Waals surface area contributed by atoms with Crippen LogP contribution in [0.25, 0.3) is 0 Å². The van der Waals surface area contributed by atoms with Crippen molar-refractivity contribution in [3.63, 3.8) is 0 Å². The van der Waals surface area contributed by atoms with Gasteiger partial charge in [0.15, 0.2) is 0 Å². The number of rotatable bonds is 5. The van der Waals surface area contributed by atoms with E-state index in [0.29, 0.717) is 5.57 Å². The van der Waals surface area contributed by atoms with Gasteiger partial charge in [-0.3, -0.25) is 4.18 Å². The van der Waals surface area contributed by atoms with E-state index in [2.05, 4.69) is 36.6 Å². The number of hydrogen-bond donors (Lipinski definition) is 0. The fraction of sp³-hybridized carbons (Fsp3) is 0.750. The standard InChI is InChI=1S/C6H16NO.C5H8O2.CH4O4S/c1-7(2,3)5-6-8-4;1-4(2)5(6)7-3;1-5-6(2,3)4/h5-6H2,1-4H3;1H2,2-3H3;1H3,(H,2,3,4)/q+1;;/p-1. The molecule has 0 atom stereocenters. The lowest BCUT2D eigenvalue weighted by atomic mass is 10.4. The second-order valence-electron chi connectivity index (χ2n) is 4.85.